The van der Waals surface area contributed by atoms with Crippen LogP contribution in [0.2, 0.25) is 0 Å². The van der Waals surface area contributed by atoms with E-state index >= 15 is 0 Å². The van der Waals surface area contributed by atoms with Gasteiger partial charge in [0, 0.05) is 18.1 Å². The van der Waals surface area contributed by atoms with Crippen LogP contribution in [0.4, 0.5) is 0 Å². The van der Waals surface area contributed by atoms with Crippen molar-refractivity contribution in [1.82, 2.24) is 9.88 Å². The van der Waals surface area contributed by atoms with Crippen LogP contribution in [0.15, 0.2) is 41.7 Å². The number of hydrogen-bond acceptors (Lipinski definition) is 5. The van der Waals surface area contributed by atoms with Crippen molar-refractivity contribution in [2.45, 2.75) is 25.4 Å². The van der Waals surface area contributed by atoms with Gasteiger partial charge >= 0.3 is 0 Å². The van der Waals surface area contributed by atoms with Gasteiger partial charge < -0.3 is 14.8 Å². The first-order chi connectivity index (χ1) is 11.3. The Hall–Kier alpha value is -1.40. The third-order valence-electron chi connectivity index (χ3n) is 4.14. The average Bonchev–Trinajstić information content (AvgIpc) is 2.60. The number of nitrogens with zero attached hydrogens (tertiary/aromatic N) is 3. The lowest BCUT2D eigenvalue weighted by molar-refractivity contribution is 0.0163. The van der Waals surface area contributed by atoms with Crippen LogP contribution in [-0.4, -0.2) is 53.6 Å². The number of aliphatic hydroxyl groups is 1. The van der Waals surface area contributed by atoms with Crippen molar-refractivity contribution in [3.63, 3.8) is 0 Å². The summed E-state index contributed by atoms with van der Waals surface area (Å²) >= 11 is 0. The Balaban J connectivity index is 0.00000156. The fraction of sp³-hybridized carbons (Fsp3) is 0.444. The second kappa shape index (κ2) is 11.3. The standard InChI is InChI=1S/C18H23N3O2.2ClH/c22-16(13-21-10-4-1-5-11-21)14-23-20-12-18-17-7-3-2-6-15(17)8-9-19-18;;/h2-3,6-9,12,16,22H,1,4-5,10-11,13-14H2;2*1H. The molecule has 5 nitrogen and oxygen atoms in total. The summed E-state index contributed by atoms with van der Waals surface area (Å²) in [7, 11) is 0. The molecule has 2 heterocycles. The van der Waals surface area contributed by atoms with E-state index < -0.39 is 6.10 Å². The molecule has 1 aliphatic heterocycles. The largest absolute Gasteiger partial charge is 0.393 e. The first kappa shape index (κ1) is 21.6. The minimum absolute atomic E-state index is 0. The Bertz CT molecular complexity index is 658. The number of hydrogen-bond donors (Lipinski definition) is 1. The van der Waals surface area contributed by atoms with Gasteiger partial charge in [-0.05, 0) is 37.4 Å². The van der Waals surface area contributed by atoms with Gasteiger partial charge in [0.2, 0.25) is 0 Å². The molecule has 0 aliphatic carbocycles. The maximum atomic E-state index is 10.0. The monoisotopic (exact) mass is 385 g/mol. The van der Waals surface area contributed by atoms with Crippen LogP contribution >= 0.6 is 24.8 Å². The summed E-state index contributed by atoms with van der Waals surface area (Å²) in [4.78, 5) is 11.8. The highest BCUT2D eigenvalue weighted by Gasteiger charge is 2.14. The number of piperidine rings is 1. The molecule has 0 spiro atoms. The van der Waals surface area contributed by atoms with Crippen LogP contribution in [-0.2, 0) is 4.84 Å². The summed E-state index contributed by atoms with van der Waals surface area (Å²) in [6.07, 6.45) is 6.60. The van der Waals surface area contributed by atoms with E-state index in [0.717, 1.165) is 29.6 Å². The smallest absolute Gasteiger partial charge is 0.144 e. The molecule has 1 N–H and O–H groups in total. The highest BCUT2D eigenvalue weighted by Crippen LogP contribution is 2.14. The summed E-state index contributed by atoms with van der Waals surface area (Å²) in [5.41, 5.74) is 0.772. The number of benzene rings is 1. The van der Waals surface area contributed by atoms with Crippen LogP contribution < -0.4 is 0 Å². The van der Waals surface area contributed by atoms with Crippen molar-refractivity contribution in [2.75, 3.05) is 26.2 Å². The molecule has 1 unspecified atom stereocenters. The molecule has 0 bridgehead atoms. The van der Waals surface area contributed by atoms with E-state index in [2.05, 4.69) is 15.0 Å². The number of pyridine rings is 1. The molecule has 1 fully saturated rings. The van der Waals surface area contributed by atoms with Crippen LogP contribution in [0.3, 0.4) is 0 Å². The molecule has 1 atom stereocenters. The van der Waals surface area contributed by atoms with Crippen molar-refractivity contribution < 1.29 is 9.94 Å². The van der Waals surface area contributed by atoms with E-state index in [9.17, 15) is 5.11 Å². The molecule has 2 aromatic rings. The molecule has 0 radical (unpaired) electrons. The summed E-state index contributed by atoms with van der Waals surface area (Å²) in [6.45, 7) is 3.00. The fourth-order valence-corrected chi connectivity index (χ4v) is 2.95. The Labute approximate surface area is 160 Å². The number of oxime groups is 1. The molecule has 25 heavy (non-hydrogen) atoms. The lowest BCUT2D eigenvalue weighted by Gasteiger charge is -2.27. The van der Waals surface area contributed by atoms with Crippen molar-refractivity contribution >= 4 is 41.8 Å². The maximum absolute atomic E-state index is 10.0. The van der Waals surface area contributed by atoms with Gasteiger partial charge in [0.1, 0.15) is 12.7 Å². The molecule has 1 aliphatic rings. The zero-order valence-corrected chi connectivity index (χ0v) is 15.7. The average molecular weight is 386 g/mol. The highest BCUT2D eigenvalue weighted by atomic mass is 35.5. The van der Waals surface area contributed by atoms with Crippen molar-refractivity contribution in [1.29, 1.82) is 0 Å². The van der Waals surface area contributed by atoms with Crippen molar-refractivity contribution in [3.05, 3.63) is 42.2 Å². The SMILES string of the molecule is Cl.Cl.OC(CON=Cc1nccc2ccccc12)CN1CCCCC1. The van der Waals surface area contributed by atoms with Crippen LogP contribution in [0.1, 0.15) is 25.0 Å². The van der Waals surface area contributed by atoms with Gasteiger partial charge in [0.05, 0.1) is 11.9 Å². The number of β-amino-alcohol motifs (C(OH)–C–C–N with tert-alkyl or cyclic N) is 1. The van der Waals surface area contributed by atoms with Gasteiger partial charge in [0.25, 0.3) is 0 Å². The van der Waals surface area contributed by atoms with E-state index in [0.29, 0.717) is 6.54 Å². The van der Waals surface area contributed by atoms with Gasteiger partial charge in [-0.15, -0.1) is 24.8 Å². The number of halogens is 2. The number of aromatic nitrogens is 1. The number of rotatable bonds is 6. The van der Waals surface area contributed by atoms with E-state index in [4.69, 9.17) is 4.84 Å². The maximum Gasteiger partial charge on any atom is 0.144 e. The van der Waals surface area contributed by atoms with Crippen molar-refractivity contribution in [3.8, 4) is 0 Å². The van der Waals surface area contributed by atoms with Gasteiger partial charge in [-0.3, -0.25) is 4.98 Å². The minimum atomic E-state index is -0.509. The second-order valence-electron chi connectivity index (χ2n) is 5.96. The van der Waals surface area contributed by atoms with E-state index in [1.165, 1.54) is 19.3 Å². The summed E-state index contributed by atoms with van der Waals surface area (Å²) in [6, 6.07) is 9.99. The molecule has 138 valence electrons. The van der Waals surface area contributed by atoms with Crippen LogP contribution in [0.25, 0.3) is 10.8 Å². The third kappa shape index (κ3) is 6.44. The highest BCUT2D eigenvalue weighted by molar-refractivity contribution is 5.97. The normalized spacial score (nSPS) is 16.2. The topological polar surface area (TPSA) is 58.0 Å². The van der Waals surface area contributed by atoms with Crippen LogP contribution in [0.5, 0.6) is 0 Å². The number of fused-ring (bicyclic) bond motifs is 1. The quantitative estimate of drug-likeness (QED) is 0.612. The van der Waals surface area contributed by atoms with Gasteiger partial charge in [-0.2, -0.15) is 0 Å². The fourth-order valence-electron chi connectivity index (χ4n) is 2.95. The number of aliphatic hydroxyl groups excluding tert-OH is 1. The predicted octanol–water partition coefficient (Wildman–Crippen LogP) is 3.28. The van der Waals surface area contributed by atoms with E-state index in [1.807, 2.05) is 30.3 Å². The first-order valence-electron chi connectivity index (χ1n) is 8.22. The molecular weight excluding hydrogens is 361 g/mol. The van der Waals surface area contributed by atoms with Crippen LogP contribution in [0, 0.1) is 0 Å². The molecule has 7 heteroatoms. The Morgan fingerprint density at radius 1 is 1.16 bits per heavy atom. The Kier molecular flexibility index (Phi) is 9.75. The van der Waals surface area contributed by atoms with Gasteiger partial charge in [-0.25, -0.2) is 0 Å². The second-order valence-corrected chi connectivity index (χ2v) is 5.96. The lowest BCUT2D eigenvalue weighted by Crippen LogP contribution is -2.37. The molecule has 1 aromatic carbocycles. The zero-order chi connectivity index (χ0) is 15.9. The van der Waals surface area contributed by atoms with Crippen molar-refractivity contribution in [2.24, 2.45) is 5.16 Å². The summed E-state index contributed by atoms with van der Waals surface area (Å²) in [5, 5.41) is 16.1. The third-order valence-corrected chi connectivity index (χ3v) is 4.14. The molecular formula is C18H25Cl2N3O2. The Morgan fingerprint density at radius 2 is 1.92 bits per heavy atom. The predicted molar refractivity (Wildman–Crippen MR) is 106 cm³/mol. The van der Waals surface area contributed by atoms with E-state index in [-0.39, 0.29) is 31.4 Å². The van der Waals surface area contributed by atoms with Gasteiger partial charge in [-0.1, -0.05) is 35.8 Å². The zero-order valence-electron chi connectivity index (χ0n) is 14.1. The summed E-state index contributed by atoms with van der Waals surface area (Å²) < 4.78 is 0. The minimum Gasteiger partial charge on any atom is -0.393 e. The van der Waals surface area contributed by atoms with E-state index in [1.54, 1.807) is 12.4 Å². The molecule has 0 saturated carbocycles. The number of likely N-dealkylation sites (tertiary alicyclic amines) is 1. The lowest BCUT2D eigenvalue weighted by atomic mass is 10.1. The Morgan fingerprint density at radius 3 is 2.72 bits per heavy atom. The summed E-state index contributed by atoms with van der Waals surface area (Å²) in [5.74, 6) is 0. The molecule has 1 saturated heterocycles. The molecule has 3 rings (SSSR count). The first-order valence-corrected chi connectivity index (χ1v) is 8.22. The molecule has 0 amide bonds. The van der Waals surface area contributed by atoms with Gasteiger partial charge in [0.15, 0.2) is 0 Å². The molecule has 1 aromatic heterocycles.